The van der Waals surface area contributed by atoms with Gasteiger partial charge in [-0.15, -0.1) is 0 Å². The lowest BCUT2D eigenvalue weighted by Crippen LogP contribution is -2.12. The van der Waals surface area contributed by atoms with Crippen LogP contribution in [-0.2, 0) is 9.05 Å². The number of carbonyl (C=O) groups excluding carboxylic acids is 1. The Kier molecular flexibility index (Phi) is 3.88. The molecule has 0 saturated carbocycles. The number of anilines is 1. The number of nitrogens with zero attached hydrogens (tertiary/aromatic N) is 2. The third kappa shape index (κ3) is 3.31. The maximum atomic E-state index is 11.7. The minimum atomic E-state index is -3.84. The molecule has 2 aromatic rings. The first-order chi connectivity index (χ1) is 8.88. The SMILES string of the molecule is O=C(Nc1ccc(S(=O)(=O)Cl)c(Br)c1)c1cn[nH]n1. The number of hydrogen-bond acceptors (Lipinski definition) is 5. The molecule has 100 valence electrons. The molecule has 0 aliphatic heterocycles. The first-order valence-electron chi connectivity index (χ1n) is 4.79. The van der Waals surface area contributed by atoms with Crippen LogP contribution in [0.25, 0.3) is 0 Å². The molecule has 0 bridgehead atoms. The number of nitrogens with one attached hydrogen (secondary N) is 2. The Hall–Kier alpha value is -1.45. The third-order valence-corrected chi connectivity index (χ3v) is 4.40. The molecule has 0 fully saturated rings. The minimum Gasteiger partial charge on any atom is -0.321 e. The average Bonchev–Trinajstić information content (AvgIpc) is 2.80. The summed E-state index contributed by atoms with van der Waals surface area (Å²) in [5.41, 5.74) is 0.508. The summed E-state index contributed by atoms with van der Waals surface area (Å²) in [5, 5.41) is 12.0. The van der Waals surface area contributed by atoms with Gasteiger partial charge >= 0.3 is 0 Å². The number of benzene rings is 1. The molecule has 0 aliphatic rings. The molecule has 0 atom stereocenters. The Bertz CT molecular complexity index is 717. The normalized spacial score (nSPS) is 11.3. The van der Waals surface area contributed by atoms with Crippen LogP contribution in [-0.4, -0.2) is 29.7 Å². The van der Waals surface area contributed by atoms with Gasteiger partial charge in [-0.3, -0.25) is 4.79 Å². The van der Waals surface area contributed by atoms with Crippen LogP contribution < -0.4 is 5.32 Å². The molecule has 0 unspecified atom stereocenters. The van der Waals surface area contributed by atoms with Crippen molar-refractivity contribution in [2.45, 2.75) is 4.90 Å². The second-order valence-electron chi connectivity index (χ2n) is 3.39. The average molecular weight is 366 g/mol. The number of carbonyl (C=O) groups is 1. The van der Waals surface area contributed by atoms with Crippen LogP contribution in [0.3, 0.4) is 0 Å². The van der Waals surface area contributed by atoms with E-state index in [0.717, 1.165) is 0 Å². The molecule has 10 heteroatoms. The summed E-state index contributed by atoms with van der Waals surface area (Å²) in [6.07, 6.45) is 1.27. The molecule has 2 rings (SSSR count). The Morgan fingerprint density at radius 1 is 1.42 bits per heavy atom. The van der Waals surface area contributed by atoms with Gasteiger partial charge in [-0.1, -0.05) is 0 Å². The maximum Gasteiger partial charge on any atom is 0.277 e. The van der Waals surface area contributed by atoms with E-state index in [1.807, 2.05) is 0 Å². The van der Waals surface area contributed by atoms with Crippen molar-refractivity contribution in [1.82, 2.24) is 15.4 Å². The quantitative estimate of drug-likeness (QED) is 0.806. The molecule has 2 N–H and O–H groups in total. The number of aromatic amines is 1. The molecule has 1 aromatic heterocycles. The summed E-state index contributed by atoms with van der Waals surface area (Å²) in [6, 6.07) is 4.12. The Balaban J connectivity index is 2.24. The van der Waals surface area contributed by atoms with Crippen LogP contribution in [0.1, 0.15) is 10.5 Å². The second-order valence-corrected chi connectivity index (χ2v) is 6.78. The van der Waals surface area contributed by atoms with E-state index in [2.05, 4.69) is 36.7 Å². The van der Waals surface area contributed by atoms with Crippen molar-refractivity contribution in [3.63, 3.8) is 0 Å². The van der Waals surface area contributed by atoms with Crippen LogP contribution in [0.4, 0.5) is 5.69 Å². The largest absolute Gasteiger partial charge is 0.321 e. The summed E-state index contributed by atoms with van der Waals surface area (Å²) < 4.78 is 22.6. The Labute approximate surface area is 120 Å². The van der Waals surface area contributed by atoms with E-state index in [-0.39, 0.29) is 15.1 Å². The number of H-pyrrole nitrogens is 1. The molecule has 19 heavy (non-hydrogen) atoms. The highest BCUT2D eigenvalue weighted by molar-refractivity contribution is 9.10. The minimum absolute atomic E-state index is 0.0754. The van der Waals surface area contributed by atoms with Gasteiger partial charge in [0, 0.05) is 20.8 Å². The first kappa shape index (κ1) is 14.0. The highest BCUT2D eigenvalue weighted by atomic mass is 79.9. The second kappa shape index (κ2) is 5.27. The molecule has 1 aromatic carbocycles. The van der Waals surface area contributed by atoms with E-state index in [1.54, 1.807) is 0 Å². The Morgan fingerprint density at radius 3 is 2.68 bits per heavy atom. The molecule has 0 spiro atoms. The molecular formula is C9H6BrClN4O3S. The molecule has 0 saturated heterocycles. The predicted octanol–water partition coefficient (Wildman–Crippen LogP) is 1.75. The lowest BCUT2D eigenvalue weighted by molar-refractivity contribution is 0.102. The molecular weight excluding hydrogens is 360 g/mol. The van der Waals surface area contributed by atoms with E-state index in [1.165, 1.54) is 24.4 Å². The van der Waals surface area contributed by atoms with Crippen molar-refractivity contribution in [2.75, 3.05) is 5.32 Å². The smallest absolute Gasteiger partial charge is 0.277 e. The van der Waals surface area contributed by atoms with E-state index in [0.29, 0.717) is 5.69 Å². The van der Waals surface area contributed by atoms with Crippen molar-refractivity contribution in [2.24, 2.45) is 0 Å². The highest BCUT2D eigenvalue weighted by Gasteiger charge is 2.16. The molecule has 1 amide bonds. The molecule has 1 heterocycles. The third-order valence-electron chi connectivity index (χ3n) is 2.10. The fourth-order valence-electron chi connectivity index (χ4n) is 1.28. The lowest BCUT2D eigenvalue weighted by Gasteiger charge is -2.05. The highest BCUT2D eigenvalue weighted by Crippen LogP contribution is 2.28. The fraction of sp³-hybridized carbons (Fsp3) is 0. The fourth-order valence-corrected chi connectivity index (χ4v) is 3.51. The topological polar surface area (TPSA) is 105 Å². The number of aromatic nitrogens is 3. The summed E-state index contributed by atoms with van der Waals surface area (Å²) >= 11 is 3.07. The summed E-state index contributed by atoms with van der Waals surface area (Å²) in [7, 11) is 1.40. The first-order valence-corrected chi connectivity index (χ1v) is 7.89. The van der Waals surface area contributed by atoms with Gasteiger partial charge in [0.15, 0.2) is 5.69 Å². The Morgan fingerprint density at radius 2 is 2.16 bits per heavy atom. The number of hydrogen-bond donors (Lipinski definition) is 2. The van der Waals surface area contributed by atoms with E-state index >= 15 is 0 Å². The van der Waals surface area contributed by atoms with Gasteiger partial charge in [0.2, 0.25) is 0 Å². The van der Waals surface area contributed by atoms with Crippen LogP contribution in [0.2, 0.25) is 0 Å². The zero-order valence-corrected chi connectivity index (χ0v) is 12.3. The molecule has 0 aliphatic carbocycles. The predicted molar refractivity (Wildman–Crippen MR) is 71.5 cm³/mol. The summed E-state index contributed by atoms with van der Waals surface area (Å²) in [6.45, 7) is 0. The zero-order valence-electron chi connectivity index (χ0n) is 9.09. The molecule has 0 radical (unpaired) electrons. The number of amides is 1. The van der Waals surface area contributed by atoms with Crippen LogP contribution in [0.15, 0.2) is 33.8 Å². The van der Waals surface area contributed by atoms with Gasteiger partial charge in [-0.2, -0.15) is 15.4 Å². The van der Waals surface area contributed by atoms with Crippen molar-refractivity contribution in [3.8, 4) is 0 Å². The zero-order chi connectivity index (χ0) is 14.0. The van der Waals surface area contributed by atoms with Crippen molar-refractivity contribution < 1.29 is 13.2 Å². The lowest BCUT2D eigenvalue weighted by atomic mass is 10.3. The number of rotatable bonds is 3. The summed E-state index contributed by atoms with van der Waals surface area (Å²) in [4.78, 5) is 11.6. The maximum absolute atomic E-state index is 11.7. The van der Waals surface area contributed by atoms with Gasteiger partial charge < -0.3 is 5.32 Å². The van der Waals surface area contributed by atoms with E-state index in [4.69, 9.17) is 10.7 Å². The van der Waals surface area contributed by atoms with Crippen molar-refractivity contribution in [3.05, 3.63) is 34.6 Å². The number of halogens is 2. The van der Waals surface area contributed by atoms with Gasteiger partial charge in [0.1, 0.15) is 0 Å². The van der Waals surface area contributed by atoms with E-state index in [9.17, 15) is 13.2 Å². The summed E-state index contributed by atoms with van der Waals surface area (Å²) in [5.74, 6) is -0.470. The van der Waals surface area contributed by atoms with Crippen molar-refractivity contribution >= 4 is 47.3 Å². The standard InChI is InChI=1S/C9H6BrClN4O3S/c10-6-3-5(1-2-8(6)19(11,17)18)13-9(16)7-4-12-15-14-7/h1-4H,(H,13,16)(H,12,14,15). The van der Waals surface area contributed by atoms with Crippen LogP contribution in [0, 0.1) is 0 Å². The van der Waals surface area contributed by atoms with Crippen LogP contribution >= 0.6 is 26.6 Å². The van der Waals surface area contributed by atoms with Gasteiger partial charge in [-0.05, 0) is 34.1 Å². The van der Waals surface area contributed by atoms with E-state index < -0.39 is 15.0 Å². The van der Waals surface area contributed by atoms with Crippen LogP contribution in [0.5, 0.6) is 0 Å². The van der Waals surface area contributed by atoms with Gasteiger partial charge in [-0.25, -0.2) is 8.42 Å². The monoisotopic (exact) mass is 364 g/mol. The molecule has 7 nitrogen and oxygen atoms in total. The van der Waals surface area contributed by atoms with Crippen molar-refractivity contribution in [1.29, 1.82) is 0 Å². The van der Waals surface area contributed by atoms with Gasteiger partial charge in [0.25, 0.3) is 15.0 Å². The van der Waals surface area contributed by atoms with Gasteiger partial charge in [0.05, 0.1) is 11.1 Å².